The molecule has 94 valence electrons. The quantitative estimate of drug-likeness (QED) is 0.613. The van der Waals surface area contributed by atoms with Crippen LogP contribution in [-0.2, 0) is 0 Å². The summed E-state index contributed by atoms with van der Waals surface area (Å²) in [5, 5.41) is 12.7. The van der Waals surface area contributed by atoms with Crippen molar-refractivity contribution in [2.75, 3.05) is 13.1 Å². The van der Waals surface area contributed by atoms with Crippen LogP contribution in [0.3, 0.4) is 0 Å². The van der Waals surface area contributed by atoms with E-state index < -0.39 is 17.7 Å². The van der Waals surface area contributed by atoms with Crippen LogP contribution < -0.4 is 5.32 Å². The van der Waals surface area contributed by atoms with E-state index >= 15 is 0 Å². The summed E-state index contributed by atoms with van der Waals surface area (Å²) < 4.78 is 26.0. The fourth-order valence-corrected chi connectivity index (χ4v) is 1.38. The van der Waals surface area contributed by atoms with Gasteiger partial charge in [-0.25, -0.2) is 8.78 Å². The molecule has 0 heterocycles. The van der Waals surface area contributed by atoms with Crippen LogP contribution in [0, 0.1) is 11.6 Å². The first-order valence-corrected chi connectivity index (χ1v) is 5.48. The second-order valence-electron chi connectivity index (χ2n) is 4.12. The van der Waals surface area contributed by atoms with E-state index in [9.17, 15) is 13.9 Å². The summed E-state index contributed by atoms with van der Waals surface area (Å²) in [6.07, 6.45) is 0.995. The summed E-state index contributed by atoms with van der Waals surface area (Å²) in [6, 6.07) is 3.17. The van der Waals surface area contributed by atoms with Crippen molar-refractivity contribution < 1.29 is 13.9 Å². The van der Waals surface area contributed by atoms with Crippen molar-refractivity contribution in [3.63, 3.8) is 0 Å². The number of aliphatic hydroxyl groups is 1. The average Bonchev–Trinajstić information content (AvgIpc) is 2.23. The fraction of sp³-hybridized carbons (Fsp3) is 0.385. The van der Waals surface area contributed by atoms with E-state index in [-0.39, 0.29) is 12.1 Å². The topological polar surface area (TPSA) is 32.3 Å². The highest BCUT2D eigenvalue weighted by molar-refractivity contribution is 5.21. The van der Waals surface area contributed by atoms with Gasteiger partial charge in [0.15, 0.2) is 0 Å². The van der Waals surface area contributed by atoms with Gasteiger partial charge in [0.25, 0.3) is 0 Å². The van der Waals surface area contributed by atoms with Crippen LogP contribution in [0.1, 0.15) is 25.5 Å². The number of hydrogen-bond acceptors (Lipinski definition) is 2. The molecular formula is C13H17F2NO. The Morgan fingerprint density at radius 3 is 2.71 bits per heavy atom. The van der Waals surface area contributed by atoms with Gasteiger partial charge in [-0.15, -0.1) is 0 Å². The lowest BCUT2D eigenvalue weighted by molar-refractivity contribution is 0.171. The Hall–Kier alpha value is -1.26. The van der Waals surface area contributed by atoms with Crippen LogP contribution in [0.25, 0.3) is 0 Å². The number of nitrogens with one attached hydrogen (secondary N) is 1. The van der Waals surface area contributed by atoms with Gasteiger partial charge < -0.3 is 10.4 Å². The summed E-state index contributed by atoms with van der Waals surface area (Å²) in [7, 11) is 0. The number of rotatable bonds is 5. The van der Waals surface area contributed by atoms with Crippen LogP contribution in [0.15, 0.2) is 29.8 Å². The van der Waals surface area contributed by atoms with Gasteiger partial charge in [-0.2, -0.15) is 0 Å². The molecule has 0 spiro atoms. The lowest BCUT2D eigenvalue weighted by Crippen LogP contribution is -2.22. The Kier molecular flexibility index (Phi) is 5.25. The number of hydrogen-bond donors (Lipinski definition) is 2. The van der Waals surface area contributed by atoms with Crippen molar-refractivity contribution in [2.45, 2.75) is 20.0 Å². The molecule has 0 saturated heterocycles. The van der Waals surface area contributed by atoms with Crippen molar-refractivity contribution in [2.24, 2.45) is 0 Å². The van der Waals surface area contributed by atoms with E-state index in [1.165, 1.54) is 11.6 Å². The molecule has 0 amide bonds. The van der Waals surface area contributed by atoms with Crippen molar-refractivity contribution in [3.8, 4) is 0 Å². The minimum Gasteiger partial charge on any atom is -0.387 e. The second-order valence-corrected chi connectivity index (χ2v) is 4.12. The second kappa shape index (κ2) is 6.47. The normalized spacial score (nSPS) is 12.3. The molecule has 0 saturated carbocycles. The van der Waals surface area contributed by atoms with E-state index in [0.717, 1.165) is 12.1 Å². The van der Waals surface area contributed by atoms with Crippen LogP contribution in [0.2, 0.25) is 0 Å². The highest BCUT2D eigenvalue weighted by Crippen LogP contribution is 2.17. The Balaban J connectivity index is 2.52. The highest BCUT2D eigenvalue weighted by atomic mass is 19.1. The predicted molar refractivity (Wildman–Crippen MR) is 63.6 cm³/mol. The van der Waals surface area contributed by atoms with E-state index in [1.54, 1.807) is 0 Å². The molecule has 1 unspecified atom stereocenters. The molecule has 17 heavy (non-hydrogen) atoms. The molecule has 4 heteroatoms. The smallest absolute Gasteiger partial charge is 0.131 e. The molecular weight excluding hydrogens is 224 g/mol. The van der Waals surface area contributed by atoms with Gasteiger partial charge in [-0.05, 0) is 19.9 Å². The molecule has 0 aliphatic carbocycles. The Bertz CT molecular complexity index is 400. The average molecular weight is 241 g/mol. The zero-order valence-corrected chi connectivity index (χ0v) is 10.0. The van der Waals surface area contributed by atoms with Crippen molar-refractivity contribution >= 4 is 0 Å². The summed E-state index contributed by atoms with van der Waals surface area (Å²) in [5.41, 5.74) is 1.27. The maximum atomic E-state index is 13.3. The van der Waals surface area contributed by atoms with E-state index in [4.69, 9.17) is 0 Å². The van der Waals surface area contributed by atoms with Gasteiger partial charge >= 0.3 is 0 Å². The summed E-state index contributed by atoms with van der Waals surface area (Å²) in [6.45, 7) is 4.78. The molecule has 2 N–H and O–H groups in total. The van der Waals surface area contributed by atoms with Gasteiger partial charge in [0, 0.05) is 24.7 Å². The Labute approximate surface area is 100.0 Å². The third-order valence-electron chi connectivity index (χ3n) is 2.31. The third kappa shape index (κ3) is 4.63. The molecule has 0 bridgehead atoms. The molecule has 1 atom stereocenters. The maximum Gasteiger partial charge on any atom is 0.131 e. The lowest BCUT2D eigenvalue weighted by Gasteiger charge is -2.12. The van der Waals surface area contributed by atoms with Crippen LogP contribution in [0.5, 0.6) is 0 Å². The summed E-state index contributed by atoms with van der Waals surface area (Å²) in [5.74, 6) is -1.36. The first-order valence-electron chi connectivity index (χ1n) is 5.48. The predicted octanol–water partition coefficient (Wildman–Crippen LogP) is 2.55. The van der Waals surface area contributed by atoms with Crippen LogP contribution in [0.4, 0.5) is 8.78 Å². The molecule has 0 aromatic heterocycles. The van der Waals surface area contributed by atoms with Gasteiger partial charge in [0.1, 0.15) is 11.6 Å². The number of benzene rings is 1. The lowest BCUT2D eigenvalue weighted by atomic mass is 10.1. The van der Waals surface area contributed by atoms with Crippen LogP contribution >= 0.6 is 0 Å². The monoisotopic (exact) mass is 241 g/mol. The summed E-state index contributed by atoms with van der Waals surface area (Å²) >= 11 is 0. The molecule has 2 nitrogen and oxygen atoms in total. The van der Waals surface area contributed by atoms with Crippen molar-refractivity contribution in [1.82, 2.24) is 5.32 Å². The SMILES string of the molecule is CC(C)=CCNCC(O)c1ccc(F)cc1F. The van der Waals surface area contributed by atoms with Crippen LogP contribution in [-0.4, -0.2) is 18.2 Å². The van der Waals surface area contributed by atoms with Gasteiger partial charge in [-0.3, -0.25) is 0 Å². The van der Waals surface area contributed by atoms with Gasteiger partial charge in [0.05, 0.1) is 6.10 Å². The highest BCUT2D eigenvalue weighted by Gasteiger charge is 2.12. The summed E-state index contributed by atoms with van der Waals surface area (Å²) in [4.78, 5) is 0. The number of halogens is 2. The molecule has 0 aliphatic heterocycles. The Morgan fingerprint density at radius 1 is 1.41 bits per heavy atom. The number of aliphatic hydroxyl groups excluding tert-OH is 1. The first-order chi connectivity index (χ1) is 8.00. The zero-order chi connectivity index (χ0) is 12.8. The third-order valence-corrected chi connectivity index (χ3v) is 2.31. The fourth-order valence-electron chi connectivity index (χ4n) is 1.38. The van der Waals surface area contributed by atoms with Crippen molar-refractivity contribution in [1.29, 1.82) is 0 Å². The number of allylic oxidation sites excluding steroid dienone is 1. The minimum absolute atomic E-state index is 0.108. The first kappa shape index (κ1) is 13.8. The van der Waals surface area contributed by atoms with E-state index in [2.05, 4.69) is 5.32 Å². The Morgan fingerprint density at radius 2 is 2.12 bits per heavy atom. The zero-order valence-electron chi connectivity index (χ0n) is 10.0. The van der Waals surface area contributed by atoms with E-state index in [0.29, 0.717) is 6.54 Å². The van der Waals surface area contributed by atoms with Gasteiger partial charge in [0.2, 0.25) is 0 Å². The standard InChI is InChI=1S/C13H17F2NO/c1-9(2)5-6-16-8-13(17)11-4-3-10(14)7-12(11)15/h3-5,7,13,16-17H,6,8H2,1-2H3. The van der Waals surface area contributed by atoms with E-state index in [1.807, 2.05) is 19.9 Å². The molecule has 0 fully saturated rings. The molecule has 0 aliphatic rings. The molecule has 1 rings (SSSR count). The maximum absolute atomic E-state index is 13.3. The molecule has 1 aromatic rings. The minimum atomic E-state index is -0.971. The van der Waals surface area contributed by atoms with Gasteiger partial charge in [-0.1, -0.05) is 17.7 Å². The van der Waals surface area contributed by atoms with Crippen molar-refractivity contribution in [3.05, 3.63) is 47.0 Å². The molecule has 0 radical (unpaired) electrons. The molecule has 1 aromatic carbocycles. The largest absolute Gasteiger partial charge is 0.387 e.